The van der Waals surface area contributed by atoms with Crippen LogP contribution in [0.5, 0.6) is 5.75 Å². The van der Waals surface area contributed by atoms with Gasteiger partial charge in [0.2, 0.25) is 5.91 Å². The Labute approximate surface area is 271 Å². The Bertz CT molecular complexity index is 1430. The Morgan fingerprint density at radius 2 is 1.87 bits per heavy atom. The van der Waals surface area contributed by atoms with Crippen molar-refractivity contribution < 1.29 is 19.2 Å². The number of nitrogens with one attached hydrogen (secondary N) is 2. The number of carbonyl (C=O) groups excluding carboxylic acids is 1. The van der Waals surface area contributed by atoms with Crippen LogP contribution >= 0.6 is 0 Å². The molecule has 3 heterocycles. The maximum absolute atomic E-state index is 12.5. The summed E-state index contributed by atoms with van der Waals surface area (Å²) in [7, 11) is 1.63. The highest BCUT2D eigenvalue weighted by Gasteiger charge is 2.28. The molecule has 246 valence electrons. The van der Waals surface area contributed by atoms with Gasteiger partial charge in [-0.1, -0.05) is 50.8 Å². The second-order valence-electron chi connectivity index (χ2n) is 11.2. The van der Waals surface area contributed by atoms with E-state index in [4.69, 9.17) is 14.4 Å². The van der Waals surface area contributed by atoms with Crippen LogP contribution in [-0.2, 0) is 20.9 Å². The highest BCUT2D eigenvalue weighted by molar-refractivity contribution is 6.02. The molecular formula is C34H46N8O4. The van der Waals surface area contributed by atoms with Crippen molar-refractivity contribution in [2.24, 2.45) is 0 Å². The number of anilines is 5. The normalized spacial score (nSPS) is 16.9. The number of methoxy groups -OCH3 is 1. The number of benzene rings is 2. The fourth-order valence-corrected chi connectivity index (χ4v) is 5.79. The Morgan fingerprint density at radius 1 is 1.09 bits per heavy atom. The monoisotopic (exact) mass is 630 g/mol. The maximum atomic E-state index is 12.5. The molecule has 0 saturated carbocycles. The SMILES string of the molecule is C=CC(=O)Nc1cc(Nc2cc(N3OCC[C@@H]3Cc3ccccc3)ncn2)c(OC)cc1N1CCN(OCCN(CC)CC)CC1. The predicted molar refractivity (Wildman–Crippen MR) is 182 cm³/mol. The highest BCUT2D eigenvalue weighted by atomic mass is 16.7. The summed E-state index contributed by atoms with van der Waals surface area (Å²) in [5, 5.41) is 10.3. The first kappa shape index (κ1) is 33.1. The number of hydroxylamine groups is 3. The van der Waals surface area contributed by atoms with E-state index >= 15 is 0 Å². The van der Waals surface area contributed by atoms with E-state index < -0.39 is 0 Å². The van der Waals surface area contributed by atoms with E-state index in [0.717, 1.165) is 64.3 Å². The molecule has 0 radical (unpaired) electrons. The predicted octanol–water partition coefficient (Wildman–Crippen LogP) is 4.50. The zero-order valence-electron chi connectivity index (χ0n) is 27.2. The molecule has 2 aliphatic rings. The number of nitrogens with zero attached hydrogens (tertiary/aromatic N) is 6. The molecule has 2 fully saturated rings. The van der Waals surface area contributed by atoms with Crippen molar-refractivity contribution >= 4 is 34.6 Å². The number of likely N-dealkylation sites (N-methyl/N-ethyl adjacent to an activating group) is 1. The van der Waals surface area contributed by atoms with Crippen LogP contribution in [0, 0.1) is 0 Å². The van der Waals surface area contributed by atoms with E-state index in [1.54, 1.807) is 7.11 Å². The minimum atomic E-state index is -0.296. The molecule has 12 nitrogen and oxygen atoms in total. The number of rotatable bonds is 15. The summed E-state index contributed by atoms with van der Waals surface area (Å²) < 4.78 is 5.83. The van der Waals surface area contributed by atoms with Gasteiger partial charge in [0.15, 0.2) is 5.82 Å². The van der Waals surface area contributed by atoms with E-state index in [1.165, 1.54) is 18.0 Å². The van der Waals surface area contributed by atoms with Crippen molar-refractivity contribution in [3.8, 4) is 5.75 Å². The number of hydrogen-bond donors (Lipinski definition) is 2. The summed E-state index contributed by atoms with van der Waals surface area (Å²) in [5.41, 5.74) is 3.40. The molecular weight excluding hydrogens is 584 g/mol. The largest absolute Gasteiger partial charge is 0.494 e. The summed E-state index contributed by atoms with van der Waals surface area (Å²) in [5.74, 6) is 1.56. The van der Waals surface area contributed by atoms with Crippen molar-refractivity contribution in [2.45, 2.75) is 32.7 Å². The third-order valence-corrected chi connectivity index (χ3v) is 8.38. The van der Waals surface area contributed by atoms with Crippen LogP contribution in [0.4, 0.5) is 28.7 Å². The summed E-state index contributed by atoms with van der Waals surface area (Å²) in [4.78, 5) is 38.1. The van der Waals surface area contributed by atoms with Gasteiger partial charge in [0.25, 0.3) is 0 Å². The number of amides is 1. The van der Waals surface area contributed by atoms with Crippen LogP contribution in [0.2, 0.25) is 0 Å². The third kappa shape index (κ3) is 8.52. The summed E-state index contributed by atoms with van der Waals surface area (Å²) in [6, 6.07) is 16.2. The number of ether oxygens (including phenoxy) is 1. The highest BCUT2D eigenvalue weighted by Crippen LogP contribution is 2.39. The van der Waals surface area contributed by atoms with Crippen molar-refractivity contribution in [1.82, 2.24) is 19.9 Å². The molecule has 2 aromatic carbocycles. The number of carbonyl (C=O) groups is 1. The molecule has 1 aromatic heterocycles. The second-order valence-corrected chi connectivity index (χ2v) is 11.2. The molecule has 0 bridgehead atoms. The first-order valence-corrected chi connectivity index (χ1v) is 16.1. The van der Waals surface area contributed by atoms with Crippen molar-refractivity contribution in [2.75, 3.05) is 86.7 Å². The van der Waals surface area contributed by atoms with E-state index in [0.29, 0.717) is 42.0 Å². The lowest BCUT2D eigenvalue weighted by atomic mass is 10.0. The maximum Gasteiger partial charge on any atom is 0.247 e. The Kier molecular flexibility index (Phi) is 11.8. The second kappa shape index (κ2) is 16.4. The molecule has 0 aliphatic carbocycles. The molecule has 46 heavy (non-hydrogen) atoms. The van der Waals surface area contributed by atoms with Crippen LogP contribution in [0.25, 0.3) is 0 Å². The van der Waals surface area contributed by atoms with Crippen molar-refractivity contribution in [1.29, 1.82) is 0 Å². The smallest absolute Gasteiger partial charge is 0.247 e. The lowest BCUT2D eigenvalue weighted by molar-refractivity contribution is -0.164. The molecule has 0 spiro atoms. The number of piperazine rings is 1. The van der Waals surface area contributed by atoms with Gasteiger partial charge in [-0.15, -0.1) is 0 Å². The fourth-order valence-electron chi connectivity index (χ4n) is 5.79. The number of aromatic nitrogens is 2. The topological polar surface area (TPSA) is 108 Å². The Hall–Kier alpha value is -4.23. The third-order valence-electron chi connectivity index (χ3n) is 8.38. The van der Waals surface area contributed by atoms with Crippen molar-refractivity contribution in [3.05, 3.63) is 73.1 Å². The molecule has 3 aromatic rings. The zero-order chi connectivity index (χ0) is 32.3. The summed E-state index contributed by atoms with van der Waals surface area (Å²) >= 11 is 0. The van der Waals surface area contributed by atoms with Gasteiger partial charge in [-0.3, -0.25) is 14.5 Å². The minimum absolute atomic E-state index is 0.160. The standard InChI is InChI=1S/C34H46N8O4/c1-5-34(43)38-28-22-29(31(44-4)23-30(28)40-14-16-41(17-15-40)45-20-18-39(6-2)7-3)37-32-24-33(36-25-35-32)42-27(13-19-46-42)21-26-11-9-8-10-12-26/h5,8-12,22-25,27H,1,6-7,13-21H2,2-4H3,(H,38,43)(H,35,36,37)/t27-/m1/s1. The fraction of sp³-hybridized carbons (Fsp3) is 0.441. The molecule has 2 saturated heterocycles. The van der Waals surface area contributed by atoms with Crippen molar-refractivity contribution in [3.63, 3.8) is 0 Å². The lowest BCUT2D eigenvalue weighted by Gasteiger charge is -2.36. The van der Waals surface area contributed by atoms with Gasteiger partial charge in [0.05, 0.1) is 43.4 Å². The van der Waals surface area contributed by atoms with Gasteiger partial charge in [0.1, 0.15) is 17.9 Å². The van der Waals surface area contributed by atoms with Gasteiger partial charge in [-0.05, 0) is 43.6 Å². The number of hydrogen-bond acceptors (Lipinski definition) is 11. The van der Waals surface area contributed by atoms with Gasteiger partial charge in [-0.25, -0.2) is 15.0 Å². The molecule has 0 unspecified atom stereocenters. The van der Waals surface area contributed by atoms with Gasteiger partial charge in [-0.2, -0.15) is 5.06 Å². The van der Waals surface area contributed by atoms with E-state index in [1.807, 2.05) is 34.4 Å². The van der Waals surface area contributed by atoms with Crippen LogP contribution in [-0.4, -0.2) is 98.0 Å². The minimum Gasteiger partial charge on any atom is -0.494 e. The van der Waals surface area contributed by atoms with Gasteiger partial charge >= 0.3 is 0 Å². The van der Waals surface area contributed by atoms with Gasteiger partial charge < -0.3 is 25.2 Å². The molecule has 2 N–H and O–H groups in total. The average molecular weight is 631 g/mol. The first-order valence-electron chi connectivity index (χ1n) is 16.1. The van der Waals surface area contributed by atoms with E-state index in [2.05, 4.69) is 75.1 Å². The molecule has 1 atom stereocenters. The Balaban J connectivity index is 1.31. The molecule has 5 rings (SSSR count). The molecule has 1 amide bonds. The van der Waals surface area contributed by atoms with E-state index in [-0.39, 0.29) is 11.9 Å². The van der Waals surface area contributed by atoms with Crippen LogP contribution < -0.4 is 25.3 Å². The molecule has 2 aliphatic heterocycles. The first-order chi connectivity index (χ1) is 22.5. The van der Waals surface area contributed by atoms with Crippen LogP contribution in [0.3, 0.4) is 0 Å². The van der Waals surface area contributed by atoms with Crippen LogP contribution in [0.1, 0.15) is 25.8 Å². The quantitative estimate of drug-likeness (QED) is 0.232. The molecule has 12 heteroatoms. The zero-order valence-corrected chi connectivity index (χ0v) is 27.2. The summed E-state index contributed by atoms with van der Waals surface area (Å²) in [6.45, 7) is 15.1. The Morgan fingerprint density at radius 3 is 2.59 bits per heavy atom. The average Bonchev–Trinajstić information content (AvgIpc) is 3.56. The lowest BCUT2D eigenvalue weighted by Crippen LogP contribution is -2.47. The summed E-state index contributed by atoms with van der Waals surface area (Å²) in [6.07, 6.45) is 4.54. The van der Waals surface area contributed by atoms with Gasteiger partial charge in [0, 0.05) is 44.9 Å². The van der Waals surface area contributed by atoms with E-state index in [9.17, 15) is 4.79 Å². The van der Waals surface area contributed by atoms with Crippen LogP contribution in [0.15, 0.2) is 67.5 Å².